The molecule has 106 valence electrons. The molecule has 0 aromatic carbocycles. The topological polar surface area (TPSA) is 23.5 Å². The fraction of sp³-hybridized carbons (Fsp3) is 1.00. The van der Waals surface area contributed by atoms with Crippen LogP contribution >= 0.6 is 0 Å². The number of aliphatic hydroxyl groups excluding tert-OH is 1. The van der Waals surface area contributed by atoms with Crippen molar-refractivity contribution >= 4 is 0 Å². The quantitative estimate of drug-likeness (QED) is 0.829. The van der Waals surface area contributed by atoms with Crippen molar-refractivity contribution in [2.24, 2.45) is 11.8 Å². The molecule has 18 heavy (non-hydrogen) atoms. The van der Waals surface area contributed by atoms with E-state index in [4.69, 9.17) is 0 Å². The molecule has 0 bridgehead atoms. The molecule has 2 rings (SSSR count). The van der Waals surface area contributed by atoms with Gasteiger partial charge in [0.15, 0.2) is 0 Å². The van der Waals surface area contributed by atoms with E-state index in [-0.39, 0.29) is 6.10 Å². The monoisotopic (exact) mass is 253 g/mol. The molecule has 0 aromatic heterocycles. The van der Waals surface area contributed by atoms with Crippen LogP contribution in [0.5, 0.6) is 0 Å². The second kappa shape index (κ2) is 6.38. The molecule has 0 radical (unpaired) electrons. The molecule has 1 aliphatic carbocycles. The highest BCUT2D eigenvalue weighted by Crippen LogP contribution is 2.35. The van der Waals surface area contributed by atoms with Crippen LogP contribution in [0.15, 0.2) is 0 Å². The van der Waals surface area contributed by atoms with E-state index in [1.165, 1.54) is 38.5 Å². The molecule has 2 fully saturated rings. The first-order valence-corrected chi connectivity index (χ1v) is 8.09. The summed E-state index contributed by atoms with van der Waals surface area (Å²) in [6, 6.07) is 1.50. The van der Waals surface area contributed by atoms with Crippen molar-refractivity contribution in [3.63, 3.8) is 0 Å². The van der Waals surface area contributed by atoms with E-state index in [0.29, 0.717) is 5.92 Å². The molecular weight excluding hydrogens is 222 g/mol. The average molecular weight is 253 g/mol. The van der Waals surface area contributed by atoms with Crippen LogP contribution in [0.3, 0.4) is 0 Å². The first-order valence-electron chi connectivity index (χ1n) is 8.09. The third-order valence-electron chi connectivity index (χ3n) is 5.50. The summed E-state index contributed by atoms with van der Waals surface area (Å²) in [6.07, 6.45) is 8.73. The van der Waals surface area contributed by atoms with E-state index in [9.17, 15) is 5.11 Å². The molecule has 2 aliphatic rings. The summed E-state index contributed by atoms with van der Waals surface area (Å²) in [5.74, 6) is 1.38. The summed E-state index contributed by atoms with van der Waals surface area (Å²) in [6.45, 7) is 8.11. The molecule has 0 aromatic rings. The summed E-state index contributed by atoms with van der Waals surface area (Å²) in [7, 11) is 0. The lowest BCUT2D eigenvalue weighted by molar-refractivity contribution is 0.0176. The summed E-state index contributed by atoms with van der Waals surface area (Å²) in [5, 5.41) is 10.3. The van der Waals surface area contributed by atoms with E-state index in [1.54, 1.807) is 0 Å². The highest BCUT2D eigenvalue weighted by molar-refractivity contribution is 4.89. The Hall–Kier alpha value is -0.0800. The normalized spacial score (nSPS) is 42.3. The molecule has 5 unspecified atom stereocenters. The van der Waals surface area contributed by atoms with Crippen LogP contribution in [0, 0.1) is 11.8 Å². The van der Waals surface area contributed by atoms with Gasteiger partial charge in [0.25, 0.3) is 0 Å². The number of likely N-dealkylation sites (tertiary alicyclic amines) is 1. The zero-order valence-corrected chi connectivity index (χ0v) is 12.4. The largest absolute Gasteiger partial charge is 0.393 e. The van der Waals surface area contributed by atoms with Crippen molar-refractivity contribution in [2.45, 2.75) is 83.9 Å². The minimum Gasteiger partial charge on any atom is -0.393 e. The van der Waals surface area contributed by atoms with Crippen LogP contribution in [-0.2, 0) is 0 Å². The second-order valence-corrected chi connectivity index (χ2v) is 6.60. The van der Waals surface area contributed by atoms with E-state index in [0.717, 1.165) is 31.0 Å². The highest BCUT2D eigenvalue weighted by Gasteiger charge is 2.35. The standard InChI is InChI=1S/C16H31NO/c1-4-13-7-9-16(18)14(10-13)11-17-12(3)6-8-15(17)5-2/h12-16,18H,4-11H2,1-3H3. The Kier molecular flexibility index (Phi) is 5.08. The Morgan fingerprint density at radius 2 is 1.83 bits per heavy atom. The molecule has 1 heterocycles. The summed E-state index contributed by atoms with van der Waals surface area (Å²) >= 11 is 0. The number of nitrogens with zero attached hydrogens (tertiary/aromatic N) is 1. The van der Waals surface area contributed by atoms with Gasteiger partial charge in [-0.25, -0.2) is 0 Å². The smallest absolute Gasteiger partial charge is 0.0580 e. The highest BCUT2D eigenvalue weighted by atomic mass is 16.3. The summed E-state index contributed by atoms with van der Waals surface area (Å²) in [5.41, 5.74) is 0. The van der Waals surface area contributed by atoms with Crippen molar-refractivity contribution in [1.29, 1.82) is 0 Å². The van der Waals surface area contributed by atoms with Gasteiger partial charge in [0, 0.05) is 18.6 Å². The van der Waals surface area contributed by atoms with Crippen LogP contribution in [0.1, 0.15) is 65.7 Å². The molecular formula is C16H31NO. The van der Waals surface area contributed by atoms with E-state index >= 15 is 0 Å². The number of rotatable bonds is 4. The van der Waals surface area contributed by atoms with Crippen LogP contribution in [0.4, 0.5) is 0 Å². The van der Waals surface area contributed by atoms with E-state index in [2.05, 4.69) is 25.7 Å². The van der Waals surface area contributed by atoms with Gasteiger partial charge in [-0.3, -0.25) is 4.90 Å². The van der Waals surface area contributed by atoms with Gasteiger partial charge in [0.05, 0.1) is 6.10 Å². The van der Waals surface area contributed by atoms with Crippen LogP contribution in [0.25, 0.3) is 0 Å². The second-order valence-electron chi connectivity index (χ2n) is 6.60. The predicted molar refractivity (Wildman–Crippen MR) is 76.6 cm³/mol. The van der Waals surface area contributed by atoms with Gasteiger partial charge in [-0.2, -0.15) is 0 Å². The third kappa shape index (κ3) is 3.08. The fourth-order valence-electron chi connectivity index (χ4n) is 4.08. The Bertz CT molecular complexity index is 255. The van der Waals surface area contributed by atoms with Gasteiger partial charge in [-0.1, -0.05) is 20.3 Å². The minimum absolute atomic E-state index is 0.0434. The van der Waals surface area contributed by atoms with Gasteiger partial charge in [0.1, 0.15) is 0 Å². The maximum atomic E-state index is 10.3. The maximum Gasteiger partial charge on any atom is 0.0580 e. The first-order chi connectivity index (χ1) is 8.65. The van der Waals surface area contributed by atoms with Crippen molar-refractivity contribution in [2.75, 3.05) is 6.54 Å². The maximum absolute atomic E-state index is 10.3. The third-order valence-corrected chi connectivity index (χ3v) is 5.50. The lowest BCUT2D eigenvalue weighted by Crippen LogP contribution is -2.43. The lowest BCUT2D eigenvalue weighted by Gasteiger charge is -2.38. The number of aliphatic hydroxyl groups is 1. The van der Waals surface area contributed by atoms with Crippen LogP contribution in [0.2, 0.25) is 0 Å². The summed E-state index contributed by atoms with van der Waals surface area (Å²) in [4.78, 5) is 2.69. The Labute approximate surface area is 113 Å². The van der Waals surface area contributed by atoms with Crippen LogP contribution < -0.4 is 0 Å². The van der Waals surface area contributed by atoms with Gasteiger partial charge in [-0.15, -0.1) is 0 Å². The molecule has 1 aliphatic heterocycles. The van der Waals surface area contributed by atoms with Crippen molar-refractivity contribution in [1.82, 2.24) is 4.90 Å². The molecule has 5 atom stereocenters. The molecule has 0 amide bonds. The van der Waals surface area contributed by atoms with Gasteiger partial charge < -0.3 is 5.11 Å². The van der Waals surface area contributed by atoms with Gasteiger partial charge >= 0.3 is 0 Å². The fourth-order valence-corrected chi connectivity index (χ4v) is 4.08. The van der Waals surface area contributed by atoms with Crippen LogP contribution in [-0.4, -0.2) is 34.7 Å². The molecule has 1 saturated carbocycles. The summed E-state index contributed by atoms with van der Waals surface area (Å²) < 4.78 is 0. The van der Waals surface area contributed by atoms with Crippen molar-refractivity contribution in [3.05, 3.63) is 0 Å². The number of hydrogen-bond donors (Lipinski definition) is 1. The Morgan fingerprint density at radius 3 is 2.50 bits per heavy atom. The zero-order chi connectivity index (χ0) is 13.1. The van der Waals surface area contributed by atoms with Crippen molar-refractivity contribution < 1.29 is 5.11 Å². The Morgan fingerprint density at radius 1 is 1.06 bits per heavy atom. The molecule has 1 N–H and O–H groups in total. The molecule has 1 saturated heterocycles. The van der Waals surface area contributed by atoms with E-state index < -0.39 is 0 Å². The zero-order valence-electron chi connectivity index (χ0n) is 12.4. The SMILES string of the molecule is CCC1CCC(O)C(CN2C(C)CCC2CC)C1. The Balaban J connectivity index is 1.94. The minimum atomic E-state index is -0.0434. The molecule has 0 spiro atoms. The van der Waals surface area contributed by atoms with Gasteiger partial charge in [0.2, 0.25) is 0 Å². The average Bonchev–Trinajstić information content (AvgIpc) is 2.73. The van der Waals surface area contributed by atoms with Gasteiger partial charge in [-0.05, 0) is 57.3 Å². The lowest BCUT2D eigenvalue weighted by atomic mass is 9.78. The first kappa shape index (κ1) is 14.3. The predicted octanol–water partition coefficient (Wildman–Crippen LogP) is 3.44. The molecule has 2 heteroatoms. The van der Waals surface area contributed by atoms with E-state index in [1.807, 2.05) is 0 Å². The van der Waals surface area contributed by atoms with Crippen molar-refractivity contribution in [3.8, 4) is 0 Å². The number of hydrogen-bond acceptors (Lipinski definition) is 2. The molecule has 2 nitrogen and oxygen atoms in total.